The normalized spacial score (nSPS) is 12.2. The van der Waals surface area contributed by atoms with Crippen molar-refractivity contribution in [3.63, 3.8) is 0 Å². The van der Waals surface area contributed by atoms with Gasteiger partial charge in [0.25, 0.3) is 10.0 Å². The number of hydrogen-bond acceptors (Lipinski definition) is 3. The molecule has 0 fully saturated rings. The van der Waals surface area contributed by atoms with Gasteiger partial charge in [-0.1, -0.05) is 48.0 Å². The number of ether oxygens (including phenoxy) is 1. The van der Waals surface area contributed by atoms with Crippen LogP contribution in [0.4, 0.5) is 18.9 Å². The van der Waals surface area contributed by atoms with Gasteiger partial charge in [0.05, 0.1) is 10.6 Å². The van der Waals surface area contributed by atoms with Gasteiger partial charge < -0.3 is 4.74 Å². The second kappa shape index (κ2) is 6.69. The largest absolute Gasteiger partial charge is 0.573 e. The Morgan fingerprint density at radius 3 is 2.27 bits per heavy atom. The summed E-state index contributed by atoms with van der Waals surface area (Å²) < 4.78 is 69.1. The Bertz CT molecular complexity index is 1060. The second-order valence-electron chi connectivity index (χ2n) is 5.24. The van der Waals surface area contributed by atoms with Crippen molar-refractivity contribution >= 4 is 38.1 Å². The number of halogens is 4. The van der Waals surface area contributed by atoms with Crippen molar-refractivity contribution < 1.29 is 26.3 Å². The van der Waals surface area contributed by atoms with Crippen molar-refractivity contribution in [1.29, 1.82) is 0 Å². The molecule has 3 aromatic carbocycles. The SMILES string of the molecule is O=S(=O)(Nc1ccccc1OC(F)(F)F)c1cccc2cccc(Cl)c12. The molecule has 26 heavy (non-hydrogen) atoms. The summed E-state index contributed by atoms with van der Waals surface area (Å²) in [5.41, 5.74) is -0.339. The van der Waals surface area contributed by atoms with Gasteiger partial charge in [-0.25, -0.2) is 8.42 Å². The summed E-state index contributed by atoms with van der Waals surface area (Å²) in [7, 11) is -4.22. The van der Waals surface area contributed by atoms with Crippen LogP contribution in [-0.2, 0) is 10.0 Å². The molecule has 3 rings (SSSR count). The number of sulfonamides is 1. The molecule has 0 aromatic heterocycles. The van der Waals surface area contributed by atoms with Gasteiger partial charge in [0.15, 0.2) is 5.75 Å². The third kappa shape index (κ3) is 3.86. The van der Waals surface area contributed by atoms with Gasteiger partial charge >= 0.3 is 6.36 Å². The second-order valence-corrected chi connectivity index (χ2v) is 7.30. The van der Waals surface area contributed by atoms with Gasteiger partial charge in [0.2, 0.25) is 0 Å². The van der Waals surface area contributed by atoms with Gasteiger partial charge in [-0.2, -0.15) is 0 Å². The Morgan fingerprint density at radius 1 is 0.923 bits per heavy atom. The fourth-order valence-electron chi connectivity index (χ4n) is 2.45. The lowest BCUT2D eigenvalue weighted by atomic mass is 10.1. The number of para-hydroxylation sites is 2. The van der Waals surface area contributed by atoms with Gasteiger partial charge in [-0.15, -0.1) is 13.2 Å². The molecular formula is C17H11ClF3NO3S. The number of anilines is 1. The van der Waals surface area contributed by atoms with Crippen LogP contribution in [0, 0.1) is 0 Å². The zero-order valence-electron chi connectivity index (χ0n) is 12.9. The predicted octanol–water partition coefficient (Wildman–Crippen LogP) is 5.19. The van der Waals surface area contributed by atoms with Crippen LogP contribution in [0.25, 0.3) is 10.8 Å². The molecule has 0 unspecified atom stereocenters. The van der Waals surface area contributed by atoms with E-state index in [2.05, 4.69) is 9.46 Å². The zero-order valence-corrected chi connectivity index (χ0v) is 14.5. The lowest BCUT2D eigenvalue weighted by Gasteiger charge is -2.15. The van der Waals surface area contributed by atoms with E-state index in [1.54, 1.807) is 18.2 Å². The van der Waals surface area contributed by atoms with Crippen LogP contribution in [0.15, 0.2) is 65.6 Å². The first-order chi connectivity index (χ1) is 12.2. The monoisotopic (exact) mass is 401 g/mol. The molecule has 0 amide bonds. The quantitative estimate of drug-likeness (QED) is 0.654. The van der Waals surface area contributed by atoms with Gasteiger partial charge in [0, 0.05) is 10.4 Å². The zero-order chi connectivity index (χ0) is 18.9. The molecule has 1 N–H and O–H groups in total. The highest BCUT2D eigenvalue weighted by Crippen LogP contribution is 2.34. The molecular weight excluding hydrogens is 391 g/mol. The Labute approximate surface area is 152 Å². The first-order valence-corrected chi connectivity index (χ1v) is 9.08. The minimum atomic E-state index is -4.95. The molecule has 0 spiro atoms. The highest BCUT2D eigenvalue weighted by molar-refractivity contribution is 7.93. The molecule has 0 saturated heterocycles. The molecule has 136 valence electrons. The summed E-state index contributed by atoms with van der Waals surface area (Å²) in [6, 6.07) is 14.3. The van der Waals surface area contributed by atoms with E-state index < -0.39 is 22.1 Å². The fraction of sp³-hybridized carbons (Fsp3) is 0.0588. The van der Waals surface area contributed by atoms with E-state index in [9.17, 15) is 21.6 Å². The lowest BCUT2D eigenvalue weighted by Crippen LogP contribution is -2.20. The van der Waals surface area contributed by atoms with E-state index in [1.165, 1.54) is 36.4 Å². The Hall–Kier alpha value is -2.45. The summed E-state index contributed by atoms with van der Waals surface area (Å²) in [5.74, 6) is -0.657. The van der Waals surface area contributed by atoms with Crippen LogP contribution in [0.1, 0.15) is 0 Å². The van der Waals surface area contributed by atoms with E-state index >= 15 is 0 Å². The molecule has 0 saturated carbocycles. The minimum Gasteiger partial charge on any atom is -0.404 e. The molecule has 0 bridgehead atoms. The van der Waals surface area contributed by atoms with E-state index in [4.69, 9.17) is 11.6 Å². The number of nitrogens with one attached hydrogen (secondary N) is 1. The van der Waals surface area contributed by atoms with E-state index in [0.717, 1.165) is 6.07 Å². The summed E-state index contributed by atoms with van der Waals surface area (Å²) in [6.07, 6.45) is -4.95. The van der Waals surface area contributed by atoms with Crippen LogP contribution in [0.2, 0.25) is 5.02 Å². The first-order valence-electron chi connectivity index (χ1n) is 7.22. The van der Waals surface area contributed by atoms with Crippen LogP contribution < -0.4 is 9.46 Å². The molecule has 0 atom stereocenters. The van der Waals surface area contributed by atoms with E-state index in [0.29, 0.717) is 5.39 Å². The lowest BCUT2D eigenvalue weighted by molar-refractivity contribution is -0.274. The van der Waals surface area contributed by atoms with E-state index in [1.807, 2.05) is 0 Å². The average molecular weight is 402 g/mol. The number of fused-ring (bicyclic) bond motifs is 1. The fourth-order valence-corrected chi connectivity index (χ4v) is 4.11. The smallest absolute Gasteiger partial charge is 0.404 e. The van der Waals surface area contributed by atoms with Crippen molar-refractivity contribution in [1.82, 2.24) is 0 Å². The van der Waals surface area contributed by atoms with Crippen LogP contribution in [-0.4, -0.2) is 14.8 Å². The first kappa shape index (κ1) is 18.3. The molecule has 0 radical (unpaired) electrons. The Balaban J connectivity index is 2.07. The molecule has 9 heteroatoms. The third-order valence-corrected chi connectivity index (χ3v) is 5.19. The number of benzene rings is 3. The number of hydrogen-bond donors (Lipinski definition) is 1. The van der Waals surface area contributed by atoms with Crippen molar-refractivity contribution in [2.75, 3.05) is 4.72 Å². The molecule has 3 aromatic rings. The van der Waals surface area contributed by atoms with Crippen LogP contribution >= 0.6 is 11.6 Å². The average Bonchev–Trinajstić information content (AvgIpc) is 2.55. The van der Waals surface area contributed by atoms with Crippen LogP contribution in [0.5, 0.6) is 5.75 Å². The van der Waals surface area contributed by atoms with Crippen molar-refractivity contribution in [2.24, 2.45) is 0 Å². The van der Waals surface area contributed by atoms with Crippen LogP contribution in [0.3, 0.4) is 0 Å². The maximum Gasteiger partial charge on any atom is 0.573 e. The van der Waals surface area contributed by atoms with Gasteiger partial charge in [0.1, 0.15) is 0 Å². The van der Waals surface area contributed by atoms with Crippen molar-refractivity contribution in [3.05, 3.63) is 65.7 Å². The summed E-state index contributed by atoms with van der Waals surface area (Å²) >= 11 is 6.12. The molecule has 0 aliphatic heterocycles. The Kier molecular flexibility index (Phi) is 4.72. The van der Waals surface area contributed by atoms with Gasteiger partial charge in [-0.05, 0) is 29.7 Å². The summed E-state index contributed by atoms with van der Waals surface area (Å²) in [5, 5.41) is 1.07. The summed E-state index contributed by atoms with van der Waals surface area (Å²) in [6.45, 7) is 0. The number of rotatable bonds is 4. The molecule has 0 heterocycles. The summed E-state index contributed by atoms with van der Waals surface area (Å²) in [4.78, 5) is -0.151. The molecule has 0 aliphatic carbocycles. The maximum absolute atomic E-state index is 12.8. The van der Waals surface area contributed by atoms with Gasteiger partial charge in [-0.3, -0.25) is 4.72 Å². The van der Waals surface area contributed by atoms with Crippen molar-refractivity contribution in [3.8, 4) is 5.75 Å². The minimum absolute atomic E-state index is 0.151. The third-order valence-electron chi connectivity index (χ3n) is 3.46. The highest BCUT2D eigenvalue weighted by atomic mass is 35.5. The standard InChI is InChI=1S/C17H11ClF3NO3S/c18-12-7-3-5-11-6-4-10-15(16(11)12)26(23,24)22-13-8-1-2-9-14(13)25-17(19,20)21/h1-10,22H. The Morgan fingerprint density at radius 2 is 1.58 bits per heavy atom. The molecule has 4 nitrogen and oxygen atoms in total. The predicted molar refractivity (Wildman–Crippen MR) is 92.9 cm³/mol. The van der Waals surface area contributed by atoms with Crippen molar-refractivity contribution in [2.45, 2.75) is 11.3 Å². The molecule has 0 aliphatic rings. The topological polar surface area (TPSA) is 55.4 Å². The number of alkyl halides is 3. The van der Waals surface area contributed by atoms with E-state index in [-0.39, 0.29) is 21.0 Å². The maximum atomic E-state index is 12.8. The highest BCUT2D eigenvalue weighted by Gasteiger charge is 2.32.